The van der Waals surface area contributed by atoms with Crippen LogP contribution < -0.4 is 4.90 Å². The number of fused-ring (bicyclic) bond motifs is 3. The van der Waals surface area contributed by atoms with Crippen molar-refractivity contribution in [1.82, 2.24) is 19.5 Å². The van der Waals surface area contributed by atoms with Crippen molar-refractivity contribution >= 4 is 40.5 Å². The number of hydrogen-bond donors (Lipinski definition) is 0. The van der Waals surface area contributed by atoms with Crippen molar-refractivity contribution in [3.05, 3.63) is 52.9 Å². The number of alkyl halides is 3. The molecule has 2 aromatic heterocycles. The van der Waals surface area contributed by atoms with E-state index in [0.29, 0.717) is 43.0 Å². The molecule has 0 saturated heterocycles. The maximum atomic E-state index is 14.3. The molecule has 1 fully saturated rings. The Labute approximate surface area is 228 Å². The second-order valence-corrected chi connectivity index (χ2v) is 10.5. The number of carbonyl (C=O) groups excluding carboxylic acids is 2. The lowest BCUT2D eigenvalue weighted by Crippen LogP contribution is -2.43. The molecular weight excluding hydrogens is 535 g/mol. The van der Waals surface area contributed by atoms with Crippen LogP contribution in [0.25, 0.3) is 5.65 Å². The van der Waals surface area contributed by atoms with Crippen LogP contribution in [0.2, 0.25) is 5.15 Å². The molecule has 1 atom stereocenters. The molecule has 0 radical (unpaired) electrons. The van der Waals surface area contributed by atoms with Gasteiger partial charge in [0.2, 0.25) is 5.91 Å². The molecule has 3 heterocycles. The predicted molar refractivity (Wildman–Crippen MR) is 139 cm³/mol. The Morgan fingerprint density at radius 3 is 2.44 bits per heavy atom. The third kappa shape index (κ3) is 5.28. The second-order valence-electron chi connectivity index (χ2n) is 10.1. The molecular formula is C27H29ClF3N5O3. The summed E-state index contributed by atoms with van der Waals surface area (Å²) >= 11 is 6.06. The number of anilines is 2. The van der Waals surface area contributed by atoms with Crippen molar-refractivity contribution in [1.29, 1.82) is 0 Å². The average molecular weight is 564 g/mol. The molecule has 5 rings (SSSR count). The van der Waals surface area contributed by atoms with Crippen LogP contribution in [0.5, 0.6) is 0 Å². The van der Waals surface area contributed by atoms with Crippen molar-refractivity contribution in [2.75, 3.05) is 25.6 Å². The topological polar surface area (TPSA) is 80.0 Å². The van der Waals surface area contributed by atoms with Gasteiger partial charge in [0.15, 0.2) is 16.8 Å². The van der Waals surface area contributed by atoms with E-state index < -0.39 is 24.0 Å². The summed E-state index contributed by atoms with van der Waals surface area (Å²) in [6, 6.07) is 5.73. The van der Waals surface area contributed by atoms with Gasteiger partial charge in [-0.2, -0.15) is 18.3 Å². The molecule has 0 bridgehead atoms. The first-order valence-electron chi connectivity index (χ1n) is 12.9. The Hall–Kier alpha value is -3.34. The molecule has 0 N–H and O–H groups in total. The van der Waals surface area contributed by atoms with Gasteiger partial charge in [0, 0.05) is 31.3 Å². The van der Waals surface area contributed by atoms with E-state index in [9.17, 15) is 22.8 Å². The number of benzene rings is 1. The van der Waals surface area contributed by atoms with Gasteiger partial charge in [0.05, 0.1) is 30.6 Å². The maximum absolute atomic E-state index is 14.3. The van der Waals surface area contributed by atoms with Crippen LogP contribution in [0.4, 0.5) is 24.5 Å². The molecule has 0 unspecified atom stereocenters. The van der Waals surface area contributed by atoms with Crippen LogP contribution in [0.3, 0.4) is 0 Å². The van der Waals surface area contributed by atoms with E-state index in [-0.39, 0.29) is 17.5 Å². The lowest BCUT2D eigenvalue weighted by atomic mass is 9.81. The van der Waals surface area contributed by atoms with Crippen molar-refractivity contribution in [2.45, 2.75) is 50.7 Å². The summed E-state index contributed by atoms with van der Waals surface area (Å²) < 4.78 is 49.4. The smallest absolute Gasteiger partial charge is 0.413 e. The number of aryl methyl sites for hydroxylation is 1. The van der Waals surface area contributed by atoms with Gasteiger partial charge in [-0.25, -0.2) is 9.50 Å². The quantitative estimate of drug-likeness (QED) is 0.381. The predicted octanol–water partition coefficient (Wildman–Crippen LogP) is 5.51. The highest BCUT2D eigenvalue weighted by atomic mass is 35.5. The van der Waals surface area contributed by atoms with Crippen LogP contribution in [-0.2, 0) is 20.7 Å². The Bertz CT molecular complexity index is 1370. The standard InChI is InChI=1S/C27H29ClF3N5O3/c1-34(25(37)17-5-7-18(8-6-17)26(38)39-2)24(27(29,30)31)16-9-11-19(12-10-16)35-13-3-4-20-21(35)15-32-23-14-22(28)33-36(20)23/h9-12,14-15,17-18,24H,3-8,13H2,1-2H3/t17?,18?,24-/m0/s1. The van der Waals surface area contributed by atoms with E-state index in [1.54, 1.807) is 28.9 Å². The monoisotopic (exact) mass is 563 g/mol. The van der Waals surface area contributed by atoms with Gasteiger partial charge in [-0.3, -0.25) is 9.59 Å². The second kappa shape index (κ2) is 10.7. The van der Waals surface area contributed by atoms with Crippen molar-refractivity contribution in [3.8, 4) is 0 Å². The number of rotatable bonds is 5. The average Bonchev–Trinajstić information content (AvgIpc) is 3.32. The summed E-state index contributed by atoms with van der Waals surface area (Å²) in [6.07, 6.45) is 0.207. The number of methoxy groups -OCH3 is 1. The molecule has 1 saturated carbocycles. The normalized spacial score (nSPS) is 20.4. The van der Waals surface area contributed by atoms with Crippen LogP contribution in [0.1, 0.15) is 49.4 Å². The maximum Gasteiger partial charge on any atom is 0.413 e. The number of aromatic nitrogens is 3. The largest absolute Gasteiger partial charge is 0.469 e. The van der Waals surface area contributed by atoms with Gasteiger partial charge in [0.1, 0.15) is 0 Å². The number of halogens is 4. The van der Waals surface area contributed by atoms with Crippen molar-refractivity contribution < 1.29 is 27.5 Å². The van der Waals surface area contributed by atoms with Crippen molar-refractivity contribution in [2.24, 2.45) is 11.8 Å². The van der Waals surface area contributed by atoms with Crippen molar-refractivity contribution in [3.63, 3.8) is 0 Å². The van der Waals surface area contributed by atoms with E-state index in [2.05, 4.69) is 10.1 Å². The summed E-state index contributed by atoms with van der Waals surface area (Å²) in [6.45, 7) is 0.671. The van der Waals surface area contributed by atoms with Gasteiger partial charge in [0.25, 0.3) is 0 Å². The molecule has 1 aliphatic carbocycles. The molecule has 2 aliphatic rings. The number of carbonyl (C=O) groups is 2. The number of amides is 1. The SMILES string of the molecule is COC(=O)C1CCC(C(=O)N(C)[C@@H](c2ccc(N3CCCc4c3cnc3cc(Cl)nn43)cc2)C(F)(F)F)CC1. The minimum Gasteiger partial charge on any atom is -0.469 e. The zero-order valence-electron chi connectivity index (χ0n) is 21.6. The molecule has 12 heteroatoms. The highest BCUT2D eigenvalue weighted by molar-refractivity contribution is 6.29. The fourth-order valence-corrected chi connectivity index (χ4v) is 6.00. The summed E-state index contributed by atoms with van der Waals surface area (Å²) in [5.74, 6) is -1.79. The lowest BCUT2D eigenvalue weighted by molar-refractivity contribution is -0.191. The molecule has 1 aromatic carbocycles. The van der Waals surface area contributed by atoms with Crippen LogP contribution in [-0.4, -0.2) is 58.3 Å². The molecule has 1 amide bonds. The van der Waals surface area contributed by atoms with E-state index in [0.717, 1.165) is 34.8 Å². The Balaban J connectivity index is 1.36. The van der Waals surface area contributed by atoms with Gasteiger partial charge < -0.3 is 14.5 Å². The van der Waals surface area contributed by atoms with Gasteiger partial charge in [-0.1, -0.05) is 23.7 Å². The Morgan fingerprint density at radius 2 is 1.79 bits per heavy atom. The van der Waals surface area contributed by atoms with E-state index in [1.165, 1.54) is 26.3 Å². The third-order valence-electron chi connectivity index (χ3n) is 7.79. The third-order valence-corrected chi connectivity index (χ3v) is 7.98. The molecule has 0 spiro atoms. The molecule has 8 nitrogen and oxygen atoms in total. The summed E-state index contributed by atoms with van der Waals surface area (Å²) in [7, 11) is 2.51. The fraction of sp³-hybridized carbons (Fsp3) is 0.481. The fourth-order valence-electron chi connectivity index (χ4n) is 5.82. The first-order chi connectivity index (χ1) is 18.6. The van der Waals surface area contributed by atoms with Gasteiger partial charge in [-0.05, 0) is 56.2 Å². The summed E-state index contributed by atoms with van der Waals surface area (Å²) in [4.78, 5) is 32.2. The first-order valence-corrected chi connectivity index (χ1v) is 13.3. The number of hydrogen-bond acceptors (Lipinski definition) is 6. The number of esters is 1. The van der Waals surface area contributed by atoms with Gasteiger partial charge >= 0.3 is 12.1 Å². The van der Waals surface area contributed by atoms with Crippen LogP contribution in [0.15, 0.2) is 36.5 Å². The highest BCUT2D eigenvalue weighted by Crippen LogP contribution is 2.41. The van der Waals surface area contributed by atoms with E-state index in [1.807, 2.05) is 4.90 Å². The van der Waals surface area contributed by atoms with E-state index >= 15 is 0 Å². The Morgan fingerprint density at radius 1 is 1.13 bits per heavy atom. The number of ether oxygens (including phenoxy) is 1. The molecule has 3 aromatic rings. The molecule has 1 aliphatic heterocycles. The summed E-state index contributed by atoms with van der Waals surface area (Å²) in [5.41, 5.74) is 3.09. The number of nitrogens with zero attached hydrogens (tertiary/aromatic N) is 5. The minimum atomic E-state index is -4.66. The molecule has 39 heavy (non-hydrogen) atoms. The van der Waals surface area contributed by atoms with E-state index in [4.69, 9.17) is 16.3 Å². The van der Waals surface area contributed by atoms with Crippen LogP contribution >= 0.6 is 11.6 Å². The highest BCUT2D eigenvalue weighted by Gasteiger charge is 2.46. The molecule has 208 valence electrons. The lowest BCUT2D eigenvalue weighted by Gasteiger charge is -2.35. The van der Waals surface area contributed by atoms with Crippen LogP contribution in [0, 0.1) is 11.8 Å². The zero-order chi connectivity index (χ0) is 27.9. The van der Waals surface area contributed by atoms with Gasteiger partial charge in [-0.15, -0.1) is 0 Å². The Kier molecular flexibility index (Phi) is 7.45. The first kappa shape index (κ1) is 27.2. The summed E-state index contributed by atoms with van der Waals surface area (Å²) in [5, 5.41) is 4.66. The zero-order valence-corrected chi connectivity index (χ0v) is 22.4. The minimum absolute atomic E-state index is 0.0185.